The van der Waals surface area contributed by atoms with E-state index in [0.717, 1.165) is 18.2 Å². The molecule has 0 bridgehead atoms. The van der Waals surface area contributed by atoms with Gasteiger partial charge in [-0.3, -0.25) is 4.98 Å². The Kier molecular flexibility index (Phi) is 3.18. The van der Waals surface area contributed by atoms with Crippen LogP contribution in [0, 0.1) is 17.2 Å². The number of hydrogen-bond donors (Lipinski definition) is 1. The van der Waals surface area contributed by atoms with Crippen molar-refractivity contribution in [1.82, 2.24) is 4.98 Å². The van der Waals surface area contributed by atoms with E-state index in [2.05, 4.69) is 16.4 Å². The van der Waals surface area contributed by atoms with Gasteiger partial charge in [-0.2, -0.15) is 5.26 Å². The maximum Gasteiger partial charge on any atom is 0.101 e. The molecular weight excluding hydrogens is 186 g/mol. The largest absolute Gasteiger partial charge is 0.382 e. The first-order valence-electron chi connectivity index (χ1n) is 5.48. The molecule has 1 heterocycles. The lowest BCUT2D eigenvalue weighted by Gasteiger charge is -2.12. The van der Waals surface area contributed by atoms with Gasteiger partial charge in [-0.15, -0.1) is 0 Å². The zero-order chi connectivity index (χ0) is 10.5. The zero-order valence-corrected chi connectivity index (χ0v) is 8.74. The van der Waals surface area contributed by atoms with Gasteiger partial charge in [0.15, 0.2) is 0 Å². The van der Waals surface area contributed by atoms with Crippen LogP contribution in [0.3, 0.4) is 0 Å². The molecule has 1 N–H and O–H groups in total. The Balaban J connectivity index is 1.95. The van der Waals surface area contributed by atoms with Crippen LogP contribution in [0.1, 0.15) is 31.2 Å². The van der Waals surface area contributed by atoms with Gasteiger partial charge >= 0.3 is 0 Å². The monoisotopic (exact) mass is 201 g/mol. The van der Waals surface area contributed by atoms with Crippen LogP contribution in [0.4, 0.5) is 5.69 Å². The van der Waals surface area contributed by atoms with Gasteiger partial charge in [0.25, 0.3) is 0 Å². The molecule has 0 saturated heterocycles. The Labute approximate surface area is 90.1 Å². The van der Waals surface area contributed by atoms with Crippen molar-refractivity contribution in [1.29, 1.82) is 5.26 Å². The van der Waals surface area contributed by atoms with E-state index in [0.29, 0.717) is 5.56 Å². The second-order valence-corrected chi connectivity index (χ2v) is 4.06. The first kappa shape index (κ1) is 9.97. The van der Waals surface area contributed by atoms with Crippen molar-refractivity contribution in [2.24, 2.45) is 5.92 Å². The zero-order valence-electron chi connectivity index (χ0n) is 8.74. The van der Waals surface area contributed by atoms with Crippen molar-refractivity contribution in [3.8, 4) is 6.07 Å². The molecule has 0 radical (unpaired) electrons. The highest BCUT2D eigenvalue weighted by molar-refractivity contribution is 5.55. The summed E-state index contributed by atoms with van der Waals surface area (Å²) in [5.74, 6) is 0.775. The van der Waals surface area contributed by atoms with E-state index in [-0.39, 0.29) is 0 Å². The smallest absolute Gasteiger partial charge is 0.101 e. The summed E-state index contributed by atoms with van der Waals surface area (Å²) in [5, 5.41) is 12.2. The lowest BCUT2D eigenvalue weighted by Crippen LogP contribution is -2.11. The van der Waals surface area contributed by atoms with Gasteiger partial charge in [0.2, 0.25) is 0 Å². The first-order chi connectivity index (χ1) is 7.40. The maximum atomic E-state index is 8.89. The van der Waals surface area contributed by atoms with Crippen molar-refractivity contribution < 1.29 is 0 Å². The number of pyridine rings is 1. The van der Waals surface area contributed by atoms with Crippen molar-refractivity contribution in [3.63, 3.8) is 0 Å². The molecule has 0 spiro atoms. The average molecular weight is 201 g/mol. The third-order valence-electron chi connectivity index (χ3n) is 3.00. The molecule has 1 saturated carbocycles. The minimum absolute atomic E-state index is 0.683. The number of nitrogens with one attached hydrogen (secondary N) is 1. The summed E-state index contributed by atoms with van der Waals surface area (Å²) < 4.78 is 0. The number of rotatable bonds is 3. The number of anilines is 1. The Morgan fingerprint density at radius 2 is 2.27 bits per heavy atom. The maximum absolute atomic E-state index is 8.89. The molecule has 3 heteroatoms. The first-order valence-corrected chi connectivity index (χ1v) is 5.48. The Bertz CT molecular complexity index is 361. The average Bonchev–Trinajstić information content (AvgIpc) is 2.79. The van der Waals surface area contributed by atoms with Crippen LogP contribution in [0.5, 0.6) is 0 Å². The molecule has 1 aromatic heterocycles. The Morgan fingerprint density at radius 1 is 1.47 bits per heavy atom. The molecule has 0 aromatic carbocycles. The van der Waals surface area contributed by atoms with Crippen molar-refractivity contribution in [3.05, 3.63) is 24.0 Å². The lowest BCUT2D eigenvalue weighted by atomic mass is 10.1. The van der Waals surface area contributed by atoms with Gasteiger partial charge in [-0.1, -0.05) is 12.8 Å². The fraction of sp³-hybridized carbons (Fsp3) is 0.500. The van der Waals surface area contributed by atoms with E-state index in [1.165, 1.54) is 25.7 Å². The van der Waals surface area contributed by atoms with Crippen LogP contribution in [0.15, 0.2) is 18.5 Å². The van der Waals surface area contributed by atoms with E-state index in [1.807, 2.05) is 0 Å². The summed E-state index contributed by atoms with van der Waals surface area (Å²) in [4.78, 5) is 4.02. The summed E-state index contributed by atoms with van der Waals surface area (Å²) in [7, 11) is 0. The molecule has 1 fully saturated rings. The summed E-state index contributed by atoms with van der Waals surface area (Å²) in [5.41, 5.74) is 1.55. The van der Waals surface area contributed by atoms with Crippen molar-refractivity contribution >= 4 is 5.69 Å². The number of nitriles is 1. The Morgan fingerprint density at radius 3 is 3.00 bits per heavy atom. The summed E-state index contributed by atoms with van der Waals surface area (Å²) >= 11 is 0. The van der Waals surface area contributed by atoms with Gasteiger partial charge in [-0.25, -0.2) is 0 Å². The summed E-state index contributed by atoms with van der Waals surface area (Å²) in [6, 6.07) is 3.92. The van der Waals surface area contributed by atoms with E-state index in [4.69, 9.17) is 5.26 Å². The van der Waals surface area contributed by atoms with E-state index in [9.17, 15) is 0 Å². The molecule has 0 unspecified atom stereocenters. The highest BCUT2D eigenvalue weighted by Crippen LogP contribution is 2.25. The van der Waals surface area contributed by atoms with E-state index >= 15 is 0 Å². The number of nitrogens with zero attached hydrogens (tertiary/aromatic N) is 2. The second kappa shape index (κ2) is 4.79. The van der Waals surface area contributed by atoms with E-state index < -0.39 is 0 Å². The standard InChI is InChI=1S/C12H15N3/c13-7-11-5-6-14-9-12(11)15-8-10-3-1-2-4-10/h5-6,9-10,15H,1-4,8H2. The highest BCUT2D eigenvalue weighted by Gasteiger charge is 2.14. The SMILES string of the molecule is N#Cc1ccncc1NCC1CCCC1. The Hall–Kier alpha value is -1.56. The van der Waals surface area contributed by atoms with Gasteiger partial charge in [0.05, 0.1) is 17.4 Å². The van der Waals surface area contributed by atoms with Gasteiger partial charge in [-0.05, 0) is 24.8 Å². The fourth-order valence-corrected chi connectivity index (χ4v) is 2.10. The number of aromatic nitrogens is 1. The molecule has 0 atom stereocenters. The normalized spacial score (nSPS) is 16.2. The third kappa shape index (κ3) is 2.47. The molecule has 15 heavy (non-hydrogen) atoms. The van der Waals surface area contributed by atoms with Gasteiger partial charge < -0.3 is 5.32 Å². The van der Waals surface area contributed by atoms with Gasteiger partial charge in [0.1, 0.15) is 6.07 Å². The fourth-order valence-electron chi connectivity index (χ4n) is 2.10. The molecule has 0 amide bonds. The van der Waals surface area contributed by atoms with E-state index in [1.54, 1.807) is 18.5 Å². The minimum atomic E-state index is 0.683. The second-order valence-electron chi connectivity index (χ2n) is 4.06. The summed E-state index contributed by atoms with van der Waals surface area (Å²) in [6.07, 6.45) is 8.71. The predicted molar refractivity (Wildman–Crippen MR) is 59.4 cm³/mol. The number of hydrogen-bond acceptors (Lipinski definition) is 3. The molecule has 1 aliphatic carbocycles. The molecular formula is C12H15N3. The van der Waals surface area contributed by atoms with Crippen LogP contribution in [0.2, 0.25) is 0 Å². The molecule has 1 aromatic rings. The molecule has 2 rings (SSSR count). The predicted octanol–water partition coefficient (Wildman–Crippen LogP) is 2.56. The third-order valence-corrected chi connectivity index (χ3v) is 3.00. The van der Waals surface area contributed by atoms with Crippen LogP contribution in [0.25, 0.3) is 0 Å². The molecule has 1 aliphatic rings. The van der Waals surface area contributed by atoms with Crippen molar-refractivity contribution in [2.45, 2.75) is 25.7 Å². The molecule has 0 aliphatic heterocycles. The van der Waals surface area contributed by atoms with Crippen LogP contribution in [-0.2, 0) is 0 Å². The minimum Gasteiger partial charge on any atom is -0.382 e. The summed E-state index contributed by atoms with van der Waals surface area (Å²) in [6.45, 7) is 0.973. The quantitative estimate of drug-likeness (QED) is 0.817. The van der Waals surface area contributed by atoms with Crippen molar-refractivity contribution in [2.75, 3.05) is 11.9 Å². The van der Waals surface area contributed by atoms with Gasteiger partial charge in [0, 0.05) is 12.7 Å². The van der Waals surface area contributed by atoms with Crippen LogP contribution < -0.4 is 5.32 Å². The molecule has 3 nitrogen and oxygen atoms in total. The molecule has 78 valence electrons. The topological polar surface area (TPSA) is 48.7 Å². The van der Waals surface area contributed by atoms with Crippen LogP contribution >= 0.6 is 0 Å². The lowest BCUT2D eigenvalue weighted by molar-refractivity contribution is 0.579. The highest BCUT2D eigenvalue weighted by atomic mass is 14.9. The van der Waals surface area contributed by atoms with Crippen LogP contribution in [-0.4, -0.2) is 11.5 Å².